The summed E-state index contributed by atoms with van der Waals surface area (Å²) in [6, 6.07) is 10.9. The van der Waals surface area contributed by atoms with Crippen LogP contribution in [-0.4, -0.2) is 45.5 Å². The van der Waals surface area contributed by atoms with Crippen LogP contribution in [0.1, 0.15) is 16.4 Å². The van der Waals surface area contributed by atoms with Gasteiger partial charge in [0.1, 0.15) is 18.1 Å². The second kappa shape index (κ2) is 8.83. The van der Waals surface area contributed by atoms with E-state index in [1.54, 1.807) is 38.7 Å². The molecule has 2 aromatic carbocycles. The average Bonchev–Trinajstić information content (AvgIpc) is 2.77. The van der Waals surface area contributed by atoms with Crippen LogP contribution in [0, 0.1) is 0 Å². The minimum absolute atomic E-state index is 0.137. The number of nitrogens with zero attached hydrogens (tertiary/aromatic N) is 4. The molecule has 2 aromatic heterocycles. The molecule has 0 unspecified atom stereocenters. The number of benzene rings is 2. The number of aldehydes is 1. The van der Waals surface area contributed by atoms with Crippen LogP contribution in [0.2, 0.25) is 0 Å². The maximum atomic E-state index is 10.4. The standard InChI is InChI=1S/C10H10N2O2.C10H8N2O2/c2*1-14-8-2-3-9-7(4-8)5-11-10(6-13)12-9/h2-5,13H,6H2,1H3;2-6H,1H3. The molecule has 0 fully saturated rings. The van der Waals surface area contributed by atoms with Crippen LogP contribution in [-0.2, 0) is 6.61 Å². The number of carbonyl (C=O) groups is 1. The summed E-state index contributed by atoms with van der Waals surface area (Å²) in [4.78, 5) is 26.5. The van der Waals surface area contributed by atoms with E-state index < -0.39 is 0 Å². The first kappa shape index (κ1) is 19.1. The van der Waals surface area contributed by atoms with Gasteiger partial charge in [-0.2, -0.15) is 0 Å². The smallest absolute Gasteiger partial charge is 0.193 e. The van der Waals surface area contributed by atoms with Crippen LogP contribution >= 0.6 is 0 Å². The van der Waals surface area contributed by atoms with Gasteiger partial charge in [-0.15, -0.1) is 0 Å². The third-order valence-corrected chi connectivity index (χ3v) is 3.89. The van der Waals surface area contributed by atoms with Gasteiger partial charge in [0.15, 0.2) is 17.9 Å². The normalized spacial score (nSPS) is 10.2. The summed E-state index contributed by atoms with van der Waals surface area (Å²) in [6.45, 7) is -0.137. The van der Waals surface area contributed by atoms with E-state index in [-0.39, 0.29) is 12.4 Å². The van der Waals surface area contributed by atoms with E-state index in [1.807, 2.05) is 24.3 Å². The summed E-state index contributed by atoms with van der Waals surface area (Å²) in [5.74, 6) is 2.16. The minimum Gasteiger partial charge on any atom is -0.497 e. The van der Waals surface area contributed by atoms with Crippen molar-refractivity contribution >= 4 is 28.1 Å². The molecule has 0 saturated carbocycles. The number of ether oxygens (including phenoxy) is 2. The Hall–Kier alpha value is -3.65. The topological polar surface area (TPSA) is 107 Å². The summed E-state index contributed by atoms with van der Waals surface area (Å²) in [7, 11) is 3.21. The van der Waals surface area contributed by atoms with Crippen molar-refractivity contribution in [1.82, 2.24) is 19.9 Å². The molecule has 8 nitrogen and oxygen atoms in total. The molecule has 0 bridgehead atoms. The number of hydrogen-bond acceptors (Lipinski definition) is 8. The maximum Gasteiger partial charge on any atom is 0.193 e. The molecule has 8 heteroatoms. The molecule has 0 aliphatic rings. The highest BCUT2D eigenvalue weighted by molar-refractivity contribution is 5.82. The van der Waals surface area contributed by atoms with Gasteiger partial charge in [0.2, 0.25) is 0 Å². The molecular weight excluding hydrogens is 360 g/mol. The van der Waals surface area contributed by atoms with Gasteiger partial charge in [-0.25, -0.2) is 19.9 Å². The lowest BCUT2D eigenvalue weighted by molar-refractivity contribution is 0.111. The van der Waals surface area contributed by atoms with E-state index in [2.05, 4.69) is 19.9 Å². The van der Waals surface area contributed by atoms with Gasteiger partial charge < -0.3 is 14.6 Å². The fourth-order valence-corrected chi connectivity index (χ4v) is 2.46. The Balaban J connectivity index is 0.000000161. The SMILES string of the molecule is COc1ccc2nc(C=O)ncc2c1.COc1ccc2nc(CO)ncc2c1. The molecule has 4 rings (SSSR count). The number of methoxy groups -OCH3 is 2. The molecular formula is C20H18N4O4. The van der Waals surface area contributed by atoms with Crippen LogP contribution in [0.25, 0.3) is 21.8 Å². The van der Waals surface area contributed by atoms with Gasteiger partial charge in [0.05, 0.1) is 25.3 Å². The van der Waals surface area contributed by atoms with E-state index in [0.29, 0.717) is 12.1 Å². The van der Waals surface area contributed by atoms with Crippen molar-refractivity contribution in [3.63, 3.8) is 0 Å². The highest BCUT2D eigenvalue weighted by atomic mass is 16.5. The quantitative estimate of drug-likeness (QED) is 0.540. The van der Waals surface area contributed by atoms with Crippen molar-refractivity contribution in [1.29, 1.82) is 0 Å². The Morgan fingerprint density at radius 1 is 0.893 bits per heavy atom. The Labute approximate surface area is 160 Å². The number of aliphatic hydroxyl groups excluding tert-OH is 1. The minimum atomic E-state index is -0.137. The van der Waals surface area contributed by atoms with Crippen molar-refractivity contribution in [3.8, 4) is 11.5 Å². The van der Waals surface area contributed by atoms with Gasteiger partial charge in [-0.3, -0.25) is 4.79 Å². The second-order valence-electron chi connectivity index (χ2n) is 5.64. The summed E-state index contributed by atoms with van der Waals surface area (Å²) in [5, 5.41) is 10.6. The number of aliphatic hydroxyl groups is 1. The Morgan fingerprint density at radius 2 is 1.46 bits per heavy atom. The largest absolute Gasteiger partial charge is 0.497 e. The van der Waals surface area contributed by atoms with E-state index in [1.165, 1.54) is 0 Å². The number of rotatable bonds is 4. The van der Waals surface area contributed by atoms with Crippen LogP contribution in [0.3, 0.4) is 0 Å². The summed E-state index contributed by atoms with van der Waals surface area (Å²) in [5.41, 5.74) is 1.55. The molecule has 4 aromatic rings. The molecule has 0 atom stereocenters. The molecule has 0 aliphatic carbocycles. The predicted molar refractivity (Wildman–Crippen MR) is 103 cm³/mol. The number of carbonyl (C=O) groups excluding carboxylic acids is 1. The Kier molecular flexibility index (Phi) is 6.03. The van der Waals surface area contributed by atoms with E-state index in [0.717, 1.165) is 33.3 Å². The van der Waals surface area contributed by atoms with Crippen LogP contribution in [0.4, 0.5) is 0 Å². The summed E-state index contributed by atoms with van der Waals surface area (Å²) < 4.78 is 10.1. The predicted octanol–water partition coefficient (Wildman–Crippen LogP) is 2.58. The lowest BCUT2D eigenvalue weighted by Gasteiger charge is -2.02. The Bertz CT molecular complexity index is 1070. The van der Waals surface area contributed by atoms with Gasteiger partial charge in [-0.05, 0) is 36.4 Å². The van der Waals surface area contributed by atoms with Crippen LogP contribution < -0.4 is 9.47 Å². The van der Waals surface area contributed by atoms with Crippen molar-refractivity contribution in [3.05, 3.63) is 60.4 Å². The molecule has 1 N–H and O–H groups in total. The number of hydrogen-bond donors (Lipinski definition) is 1. The van der Waals surface area contributed by atoms with Crippen molar-refractivity contribution in [2.45, 2.75) is 6.61 Å². The third kappa shape index (κ3) is 4.36. The van der Waals surface area contributed by atoms with Crippen LogP contribution in [0.15, 0.2) is 48.8 Å². The Morgan fingerprint density at radius 3 is 2.00 bits per heavy atom. The number of fused-ring (bicyclic) bond motifs is 2. The monoisotopic (exact) mass is 378 g/mol. The zero-order chi connectivity index (χ0) is 19.9. The van der Waals surface area contributed by atoms with Crippen molar-refractivity contribution < 1.29 is 19.4 Å². The second-order valence-corrected chi connectivity index (χ2v) is 5.64. The maximum absolute atomic E-state index is 10.4. The highest BCUT2D eigenvalue weighted by Crippen LogP contribution is 2.19. The fraction of sp³-hybridized carbons (Fsp3) is 0.150. The van der Waals surface area contributed by atoms with E-state index >= 15 is 0 Å². The third-order valence-electron chi connectivity index (χ3n) is 3.89. The molecule has 0 saturated heterocycles. The first-order valence-electron chi connectivity index (χ1n) is 8.33. The molecule has 0 spiro atoms. The van der Waals surface area contributed by atoms with Gasteiger partial charge >= 0.3 is 0 Å². The molecule has 28 heavy (non-hydrogen) atoms. The lowest BCUT2D eigenvalue weighted by atomic mass is 10.2. The number of aromatic nitrogens is 4. The van der Waals surface area contributed by atoms with Crippen molar-refractivity contribution in [2.24, 2.45) is 0 Å². The van der Waals surface area contributed by atoms with Gasteiger partial charge in [-0.1, -0.05) is 0 Å². The van der Waals surface area contributed by atoms with Crippen LogP contribution in [0.5, 0.6) is 11.5 Å². The molecule has 0 amide bonds. The summed E-state index contributed by atoms with van der Waals surface area (Å²) >= 11 is 0. The zero-order valence-corrected chi connectivity index (χ0v) is 15.4. The molecule has 0 aliphatic heterocycles. The summed E-state index contributed by atoms with van der Waals surface area (Å²) in [6.07, 6.45) is 3.91. The molecule has 2 heterocycles. The fourth-order valence-electron chi connectivity index (χ4n) is 2.46. The van der Waals surface area contributed by atoms with Gasteiger partial charge in [0.25, 0.3) is 0 Å². The first-order chi connectivity index (χ1) is 13.7. The molecule has 0 radical (unpaired) electrons. The van der Waals surface area contributed by atoms with Crippen molar-refractivity contribution in [2.75, 3.05) is 14.2 Å². The van der Waals surface area contributed by atoms with E-state index in [9.17, 15) is 4.79 Å². The highest BCUT2D eigenvalue weighted by Gasteiger charge is 2.01. The zero-order valence-electron chi connectivity index (χ0n) is 15.4. The molecule has 142 valence electrons. The first-order valence-corrected chi connectivity index (χ1v) is 8.33. The lowest BCUT2D eigenvalue weighted by Crippen LogP contribution is -1.94. The van der Waals surface area contributed by atoms with E-state index in [4.69, 9.17) is 14.6 Å². The van der Waals surface area contributed by atoms with Gasteiger partial charge in [0, 0.05) is 23.2 Å². The average molecular weight is 378 g/mol.